The summed E-state index contributed by atoms with van der Waals surface area (Å²) in [4.78, 5) is 4.08. The summed E-state index contributed by atoms with van der Waals surface area (Å²) in [5.74, 6) is 0.260. The molecule has 1 N–H and O–H groups in total. The molecule has 2 heteroatoms. The first-order valence-electron chi connectivity index (χ1n) is 4.40. The van der Waals surface area contributed by atoms with E-state index in [1.165, 1.54) is 0 Å². The molecule has 13 heavy (non-hydrogen) atoms. The van der Waals surface area contributed by atoms with Gasteiger partial charge in [0.05, 0.1) is 5.52 Å². The van der Waals surface area contributed by atoms with Crippen molar-refractivity contribution in [2.45, 2.75) is 13.8 Å². The van der Waals surface area contributed by atoms with E-state index in [4.69, 9.17) is 5.11 Å². The molecule has 0 aliphatic rings. The van der Waals surface area contributed by atoms with E-state index in [0.29, 0.717) is 0 Å². The number of nitrogens with zero attached hydrogens (tertiary/aromatic N) is 1. The fourth-order valence-corrected chi connectivity index (χ4v) is 1.05. The molecule has 0 saturated carbocycles. The molecule has 0 aliphatic carbocycles. The van der Waals surface area contributed by atoms with Crippen molar-refractivity contribution in [3.05, 3.63) is 36.5 Å². The zero-order valence-electron chi connectivity index (χ0n) is 7.86. The minimum atomic E-state index is 0.260. The minimum Gasteiger partial charge on any atom is -0.508 e. The Bertz CT molecular complexity index is 385. The van der Waals surface area contributed by atoms with Crippen molar-refractivity contribution in [1.82, 2.24) is 4.98 Å². The molecule has 2 aromatic rings. The van der Waals surface area contributed by atoms with Crippen molar-refractivity contribution < 1.29 is 5.11 Å². The first-order chi connectivity index (χ1) is 6.36. The molecule has 2 nitrogen and oxygen atoms in total. The molecule has 0 spiro atoms. The maximum Gasteiger partial charge on any atom is 0.117 e. The summed E-state index contributed by atoms with van der Waals surface area (Å²) in [7, 11) is 0. The smallest absolute Gasteiger partial charge is 0.117 e. The van der Waals surface area contributed by atoms with Crippen LogP contribution in [0, 0.1) is 0 Å². The molecular weight excluding hydrogens is 162 g/mol. The first kappa shape index (κ1) is 9.52. The van der Waals surface area contributed by atoms with E-state index in [2.05, 4.69) is 4.98 Å². The first-order valence-corrected chi connectivity index (χ1v) is 4.40. The van der Waals surface area contributed by atoms with Crippen molar-refractivity contribution in [1.29, 1.82) is 0 Å². The fourth-order valence-electron chi connectivity index (χ4n) is 1.05. The Morgan fingerprint density at radius 1 is 1.15 bits per heavy atom. The lowest BCUT2D eigenvalue weighted by Gasteiger charge is -1.95. The highest BCUT2D eigenvalue weighted by molar-refractivity contribution is 5.79. The topological polar surface area (TPSA) is 33.1 Å². The number of aromatic nitrogens is 1. The molecule has 0 fully saturated rings. The van der Waals surface area contributed by atoms with Gasteiger partial charge in [0.15, 0.2) is 0 Å². The van der Waals surface area contributed by atoms with Crippen LogP contribution in [0.1, 0.15) is 13.8 Å². The van der Waals surface area contributed by atoms with Crippen LogP contribution in [0.25, 0.3) is 10.9 Å². The number of hydrogen-bond acceptors (Lipinski definition) is 2. The van der Waals surface area contributed by atoms with Crippen LogP contribution in [0.15, 0.2) is 36.5 Å². The van der Waals surface area contributed by atoms with Gasteiger partial charge >= 0.3 is 0 Å². The molecule has 0 aliphatic heterocycles. The molecule has 0 bridgehead atoms. The zero-order valence-corrected chi connectivity index (χ0v) is 7.86. The van der Waals surface area contributed by atoms with Gasteiger partial charge in [0, 0.05) is 17.6 Å². The van der Waals surface area contributed by atoms with Gasteiger partial charge in [-0.3, -0.25) is 4.98 Å². The maximum atomic E-state index is 9.09. The minimum absolute atomic E-state index is 0.260. The molecule has 0 atom stereocenters. The van der Waals surface area contributed by atoms with Crippen molar-refractivity contribution >= 4 is 10.9 Å². The molecule has 2 rings (SSSR count). The van der Waals surface area contributed by atoms with Crippen LogP contribution in [0.5, 0.6) is 5.75 Å². The van der Waals surface area contributed by atoms with Gasteiger partial charge in [0.1, 0.15) is 5.75 Å². The third kappa shape index (κ3) is 2.18. The van der Waals surface area contributed by atoms with Crippen LogP contribution < -0.4 is 0 Å². The Kier molecular flexibility index (Phi) is 3.26. The van der Waals surface area contributed by atoms with E-state index >= 15 is 0 Å². The molecule has 68 valence electrons. The van der Waals surface area contributed by atoms with Crippen molar-refractivity contribution in [3.8, 4) is 5.75 Å². The Morgan fingerprint density at radius 2 is 1.92 bits per heavy atom. The Balaban J connectivity index is 0.000000396. The normalized spacial score (nSPS) is 9.08. The van der Waals surface area contributed by atoms with Gasteiger partial charge in [0.25, 0.3) is 0 Å². The van der Waals surface area contributed by atoms with Crippen LogP contribution in [-0.4, -0.2) is 10.1 Å². The molecule has 1 aromatic heterocycles. The van der Waals surface area contributed by atoms with E-state index in [9.17, 15) is 0 Å². The number of hydrogen-bond donors (Lipinski definition) is 1. The number of fused-ring (bicyclic) bond motifs is 1. The molecular formula is C11H13NO. The van der Waals surface area contributed by atoms with E-state index < -0.39 is 0 Å². The Hall–Kier alpha value is -1.57. The average Bonchev–Trinajstić information content (AvgIpc) is 2.21. The highest BCUT2D eigenvalue weighted by Gasteiger charge is 1.92. The van der Waals surface area contributed by atoms with Gasteiger partial charge in [-0.05, 0) is 18.2 Å². The van der Waals surface area contributed by atoms with Gasteiger partial charge in [-0.25, -0.2) is 0 Å². The third-order valence-corrected chi connectivity index (χ3v) is 1.59. The van der Waals surface area contributed by atoms with Crippen molar-refractivity contribution in [2.24, 2.45) is 0 Å². The monoisotopic (exact) mass is 175 g/mol. The van der Waals surface area contributed by atoms with Crippen LogP contribution in [0.3, 0.4) is 0 Å². The highest BCUT2D eigenvalue weighted by atomic mass is 16.3. The van der Waals surface area contributed by atoms with Gasteiger partial charge in [-0.1, -0.05) is 19.9 Å². The molecule has 1 aromatic carbocycles. The zero-order chi connectivity index (χ0) is 9.68. The third-order valence-electron chi connectivity index (χ3n) is 1.59. The second-order valence-corrected chi connectivity index (χ2v) is 2.38. The molecule has 1 heterocycles. The predicted octanol–water partition coefficient (Wildman–Crippen LogP) is 2.97. The van der Waals surface area contributed by atoms with Crippen LogP contribution in [0.4, 0.5) is 0 Å². The molecule has 0 radical (unpaired) electrons. The van der Waals surface area contributed by atoms with E-state index in [1.54, 1.807) is 18.3 Å². The summed E-state index contributed by atoms with van der Waals surface area (Å²) in [5, 5.41) is 10.1. The summed E-state index contributed by atoms with van der Waals surface area (Å²) in [6, 6.07) is 8.98. The largest absolute Gasteiger partial charge is 0.508 e. The Labute approximate surface area is 77.9 Å². The summed E-state index contributed by atoms with van der Waals surface area (Å²) < 4.78 is 0. The van der Waals surface area contributed by atoms with Crippen molar-refractivity contribution in [3.63, 3.8) is 0 Å². The standard InChI is InChI=1S/C9H7NO.C2H6/c11-8-4-3-7-2-1-5-10-9(7)6-8;1-2/h1-6,11H;1-2H3. The predicted molar refractivity (Wildman–Crippen MR) is 54.8 cm³/mol. The number of pyridine rings is 1. The highest BCUT2D eigenvalue weighted by Crippen LogP contribution is 2.16. The molecule has 0 saturated heterocycles. The lowest BCUT2D eigenvalue weighted by Crippen LogP contribution is -1.75. The summed E-state index contributed by atoms with van der Waals surface area (Å²) >= 11 is 0. The SMILES string of the molecule is CC.Oc1ccc2cccnc2c1. The number of aromatic hydroxyl groups is 1. The molecule has 0 unspecified atom stereocenters. The van der Waals surface area contributed by atoms with Gasteiger partial charge in [-0.2, -0.15) is 0 Å². The van der Waals surface area contributed by atoms with Crippen molar-refractivity contribution in [2.75, 3.05) is 0 Å². The van der Waals surface area contributed by atoms with Gasteiger partial charge in [-0.15, -0.1) is 0 Å². The number of benzene rings is 1. The van der Waals surface area contributed by atoms with E-state index in [0.717, 1.165) is 10.9 Å². The fraction of sp³-hybridized carbons (Fsp3) is 0.182. The average molecular weight is 175 g/mol. The number of phenolic OH excluding ortho intramolecular Hbond substituents is 1. The van der Waals surface area contributed by atoms with Crippen LogP contribution in [-0.2, 0) is 0 Å². The summed E-state index contributed by atoms with van der Waals surface area (Å²) in [5.41, 5.74) is 0.826. The lowest BCUT2D eigenvalue weighted by atomic mass is 10.2. The van der Waals surface area contributed by atoms with Gasteiger partial charge < -0.3 is 5.11 Å². The van der Waals surface area contributed by atoms with Gasteiger partial charge in [0.2, 0.25) is 0 Å². The van der Waals surface area contributed by atoms with E-state index in [-0.39, 0.29) is 5.75 Å². The summed E-state index contributed by atoms with van der Waals surface area (Å²) in [6.45, 7) is 4.00. The quantitative estimate of drug-likeness (QED) is 0.667. The van der Waals surface area contributed by atoms with Crippen LogP contribution in [0.2, 0.25) is 0 Å². The maximum absolute atomic E-state index is 9.09. The lowest BCUT2D eigenvalue weighted by molar-refractivity contribution is 0.476. The summed E-state index contributed by atoms with van der Waals surface area (Å²) in [6.07, 6.45) is 1.71. The second-order valence-electron chi connectivity index (χ2n) is 2.38. The number of phenols is 1. The van der Waals surface area contributed by atoms with E-state index in [1.807, 2.05) is 32.0 Å². The Morgan fingerprint density at radius 3 is 2.69 bits per heavy atom. The number of rotatable bonds is 0. The van der Waals surface area contributed by atoms with Crippen LogP contribution >= 0.6 is 0 Å². The second kappa shape index (κ2) is 4.45. The molecule has 0 amide bonds.